The number of nitrogens with zero attached hydrogens (tertiary/aromatic N) is 1. The van der Waals surface area contributed by atoms with Gasteiger partial charge in [0.2, 0.25) is 11.8 Å². The zero-order valence-electron chi connectivity index (χ0n) is 14.6. The molecular weight excluding hydrogens is 342 g/mol. The lowest BCUT2D eigenvalue weighted by atomic mass is 9.95. The highest BCUT2D eigenvalue weighted by atomic mass is 32.1. The molecule has 1 aromatic heterocycles. The largest absolute Gasteiger partial charge is 0.481 e. The minimum atomic E-state index is -0.848. The van der Waals surface area contributed by atoms with Crippen LogP contribution in [0, 0.1) is 11.8 Å². The van der Waals surface area contributed by atoms with Crippen LogP contribution in [-0.4, -0.2) is 33.9 Å². The molecule has 0 radical (unpaired) electrons. The van der Waals surface area contributed by atoms with Gasteiger partial charge in [0.1, 0.15) is 0 Å². The molecule has 3 N–H and O–H groups in total. The molecule has 0 aromatic carbocycles. The Kier molecular flexibility index (Phi) is 6.92. The standard InChI is InChI=1S/C17H25N3O4S/c1-10(2)15(22)20-17-18-11(9-25-17)8-14(21)19-13-7-5-3-4-6-12(13)16(23)24/h9-10,12-13H,3-8H2,1-2H3,(H,19,21)(H,23,24)(H,18,20,22)/t12-,13+/m1/s1. The number of hydrogen-bond acceptors (Lipinski definition) is 5. The highest BCUT2D eigenvalue weighted by molar-refractivity contribution is 7.13. The Bertz CT molecular complexity index is 629. The van der Waals surface area contributed by atoms with Crippen molar-refractivity contribution in [2.24, 2.45) is 11.8 Å². The van der Waals surface area contributed by atoms with E-state index < -0.39 is 11.9 Å². The summed E-state index contributed by atoms with van der Waals surface area (Å²) in [4.78, 5) is 39.6. The van der Waals surface area contributed by atoms with Gasteiger partial charge < -0.3 is 15.7 Å². The van der Waals surface area contributed by atoms with Crippen LogP contribution in [0.25, 0.3) is 0 Å². The average Bonchev–Trinajstić information content (AvgIpc) is 2.82. The zero-order chi connectivity index (χ0) is 18.4. The number of aromatic nitrogens is 1. The van der Waals surface area contributed by atoms with Crippen LogP contribution < -0.4 is 10.6 Å². The van der Waals surface area contributed by atoms with Gasteiger partial charge in [0.15, 0.2) is 5.13 Å². The maximum Gasteiger partial charge on any atom is 0.308 e. The van der Waals surface area contributed by atoms with Gasteiger partial charge in [-0.15, -0.1) is 11.3 Å². The Hall–Kier alpha value is -1.96. The number of hydrogen-bond donors (Lipinski definition) is 3. The number of anilines is 1. The van der Waals surface area contributed by atoms with Crippen molar-refractivity contribution in [2.75, 3.05) is 5.32 Å². The van der Waals surface area contributed by atoms with E-state index in [1.807, 2.05) is 0 Å². The lowest BCUT2D eigenvalue weighted by molar-refractivity contribution is -0.143. The van der Waals surface area contributed by atoms with Gasteiger partial charge >= 0.3 is 5.97 Å². The van der Waals surface area contributed by atoms with Crippen LogP contribution in [0.3, 0.4) is 0 Å². The molecule has 2 amide bonds. The number of carbonyl (C=O) groups is 3. The summed E-state index contributed by atoms with van der Waals surface area (Å²) in [6, 6.07) is -0.328. The molecule has 2 atom stereocenters. The van der Waals surface area contributed by atoms with Crippen LogP contribution in [0.1, 0.15) is 51.6 Å². The molecule has 0 spiro atoms. The number of carboxylic acids is 1. The van der Waals surface area contributed by atoms with E-state index in [-0.39, 0.29) is 30.2 Å². The molecule has 1 fully saturated rings. The molecule has 0 bridgehead atoms. The van der Waals surface area contributed by atoms with E-state index in [4.69, 9.17) is 0 Å². The number of rotatable bonds is 6. The number of carbonyl (C=O) groups excluding carboxylic acids is 2. The fraction of sp³-hybridized carbons (Fsp3) is 0.647. The van der Waals surface area contributed by atoms with E-state index in [1.54, 1.807) is 19.2 Å². The highest BCUT2D eigenvalue weighted by Gasteiger charge is 2.30. The number of aliphatic carboxylic acids is 1. The summed E-state index contributed by atoms with van der Waals surface area (Å²) in [5.74, 6) is -1.86. The first-order chi connectivity index (χ1) is 11.9. The van der Waals surface area contributed by atoms with Gasteiger partial charge in [-0.05, 0) is 12.8 Å². The Labute approximate surface area is 151 Å². The SMILES string of the molecule is CC(C)C(=O)Nc1nc(CC(=O)N[C@H]2CCCCC[C@H]2C(=O)O)cs1. The third-order valence-corrected chi connectivity index (χ3v) is 5.13. The van der Waals surface area contributed by atoms with Gasteiger partial charge in [-0.25, -0.2) is 4.98 Å². The first-order valence-electron chi connectivity index (χ1n) is 8.64. The third-order valence-electron chi connectivity index (χ3n) is 4.33. The Morgan fingerprint density at radius 2 is 2.00 bits per heavy atom. The molecule has 1 aliphatic carbocycles. The number of carboxylic acid groups (broad SMARTS) is 1. The number of thiazole rings is 1. The molecule has 0 unspecified atom stereocenters. The maximum atomic E-state index is 12.3. The zero-order valence-corrected chi connectivity index (χ0v) is 15.4. The van der Waals surface area contributed by atoms with Crippen molar-refractivity contribution in [3.8, 4) is 0 Å². The van der Waals surface area contributed by atoms with E-state index in [1.165, 1.54) is 11.3 Å². The van der Waals surface area contributed by atoms with Crippen molar-refractivity contribution in [1.82, 2.24) is 10.3 Å². The van der Waals surface area contributed by atoms with Crippen LogP contribution in [0.15, 0.2) is 5.38 Å². The Morgan fingerprint density at radius 1 is 1.28 bits per heavy atom. The van der Waals surface area contributed by atoms with Gasteiger partial charge in [0, 0.05) is 17.3 Å². The van der Waals surface area contributed by atoms with Gasteiger partial charge in [0.25, 0.3) is 0 Å². The lowest BCUT2D eigenvalue weighted by Crippen LogP contribution is -2.43. The molecule has 7 nitrogen and oxygen atoms in total. The van der Waals surface area contributed by atoms with Crippen molar-refractivity contribution in [1.29, 1.82) is 0 Å². The summed E-state index contributed by atoms with van der Waals surface area (Å²) < 4.78 is 0. The molecule has 8 heteroatoms. The molecule has 138 valence electrons. The van der Waals surface area contributed by atoms with Crippen LogP contribution in [0.5, 0.6) is 0 Å². The van der Waals surface area contributed by atoms with Crippen LogP contribution in [0.2, 0.25) is 0 Å². The predicted octanol–water partition coefficient (Wildman–Crippen LogP) is 2.43. The van der Waals surface area contributed by atoms with Crippen LogP contribution >= 0.6 is 11.3 Å². The van der Waals surface area contributed by atoms with Crippen molar-refractivity contribution >= 4 is 34.3 Å². The summed E-state index contributed by atoms with van der Waals surface area (Å²) in [5, 5.41) is 17.1. The van der Waals surface area contributed by atoms with E-state index in [0.717, 1.165) is 19.3 Å². The monoisotopic (exact) mass is 367 g/mol. The van der Waals surface area contributed by atoms with Gasteiger partial charge in [-0.1, -0.05) is 33.1 Å². The molecular formula is C17H25N3O4S. The topological polar surface area (TPSA) is 108 Å². The van der Waals surface area contributed by atoms with Crippen molar-refractivity contribution in [2.45, 2.75) is 58.4 Å². The number of amides is 2. The van der Waals surface area contributed by atoms with Gasteiger partial charge in [0.05, 0.1) is 18.0 Å². The predicted molar refractivity (Wildman–Crippen MR) is 95.4 cm³/mol. The molecule has 1 aromatic rings. The van der Waals surface area contributed by atoms with Crippen molar-refractivity contribution in [3.63, 3.8) is 0 Å². The van der Waals surface area contributed by atoms with E-state index in [9.17, 15) is 19.5 Å². The van der Waals surface area contributed by atoms with Gasteiger partial charge in [-0.3, -0.25) is 14.4 Å². The minimum absolute atomic E-state index is 0.0802. The summed E-state index contributed by atoms with van der Waals surface area (Å²) in [7, 11) is 0. The van der Waals surface area contributed by atoms with Crippen molar-refractivity contribution < 1.29 is 19.5 Å². The molecule has 0 aliphatic heterocycles. The summed E-state index contributed by atoms with van der Waals surface area (Å²) in [6.07, 6.45) is 4.18. The van der Waals surface area contributed by atoms with Crippen molar-refractivity contribution in [3.05, 3.63) is 11.1 Å². The maximum absolute atomic E-state index is 12.3. The second-order valence-corrected chi connectivity index (χ2v) is 7.58. The van der Waals surface area contributed by atoms with Crippen LogP contribution in [0.4, 0.5) is 5.13 Å². The van der Waals surface area contributed by atoms with E-state index >= 15 is 0 Å². The first kappa shape index (κ1) is 19.4. The summed E-state index contributed by atoms with van der Waals surface area (Å²) >= 11 is 1.27. The fourth-order valence-corrected chi connectivity index (χ4v) is 3.61. The molecule has 0 saturated heterocycles. The molecule has 1 saturated carbocycles. The van der Waals surface area contributed by atoms with Gasteiger partial charge in [-0.2, -0.15) is 0 Å². The Morgan fingerprint density at radius 3 is 2.68 bits per heavy atom. The minimum Gasteiger partial charge on any atom is -0.481 e. The molecule has 25 heavy (non-hydrogen) atoms. The Balaban J connectivity index is 1.92. The van der Waals surface area contributed by atoms with E-state index in [0.29, 0.717) is 23.7 Å². The molecule has 1 aliphatic rings. The quantitative estimate of drug-likeness (QED) is 0.669. The first-order valence-corrected chi connectivity index (χ1v) is 9.52. The smallest absolute Gasteiger partial charge is 0.308 e. The normalized spacial score (nSPS) is 20.8. The number of nitrogens with one attached hydrogen (secondary N) is 2. The fourth-order valence-electron chi connectivity index (χ4n) is 2.89. The second kappa shape index (κ2) is 8.94. The summed E-state index contributed by atoms with van der Waals surface area (Å²) in [6.45, 7) is 3.59. The molecule has 2 rings (SSSR count). The summed E-state index contributed by atoms with van der Waals surface area (Å²) in [5.41, 5.74) is 0.571. The van der Waals surface area contributed by atoms with E-state index in [2.05, 4.69) is 15.6 Å². The molecule has 1 heterocycles. The second-order valence-electron chi connectivity index (χ2n) is 6.72. The highest BCUT2D eigenvalue weighted by Crippen LogP contribution is 2.24. The lowest BCUT2D eigenvalue weighted by Gasteiger charge is -2.22. The average molecular weight is 367 g/mol. The third kappa shape index (κ3) is 5.81. The van der Waals surface area contributed by atoms with Crippen LogP contribution in [-0.2, 0) is 20.8 Å².